The standard InChI is InChI=1S/C21H21F2N7O2/c1-29-11-12(9-26-29)14-10-25-13-4-5-17(30(7-6-24)21(13)27-14)28-20-18(22)15(31-2)8-16(32-3)19(20)23/h4-5,8-11H,6-7,24H2,1-3H3/b28-17+. The molecule has 9 nitrogen and oxygen atoms in total. The lowest BCUT2D eigenvalue weighted by Crippen LogP contribution is -2.25. The van der Waals surface area contributed by atoms with Gasteiger partial charge in [-0.3, -0.25) is 9.67 Å². The van der Waals surface area contributed by atoms with Gasteiger partial charge in [0.15, 0.2) is 28.8 Å². The maximum absolute atomic E-state index is 14.9. The first kappa shape index (κ1) is 21.4. The summed E-state index contributed by atoms with van der Waals surface area (Å²) in [7, 11) is 4.36. The SMILES string of the molecule is COc1cc(OC)c(F)c(/N=c2\ccc3ncc(-c4cnn(C)c4)nc3n2CCN)c1F. The number of nitrogens with zero attached hydrogens (tertiary/aromatic N) is 6. The van der Waals surface area contributed by atoms with E-state index >= 15 is 0 Å². The van der Waals surface area contributed by atoms with Crippen molar-refractivity contribution in [2.75, 3.05) is 20.8 Å². The second-order valence-electron chi connectivity index (χ2n) is 6.87. The number of ether oxygens (including phenoxy) is 2. The first-order valence-corrected chi connectivity index (χ1v) is 9.67. The number of hydrogen-bond acceptors (Lipinski definition) is 7. The first-order chi connectivity index (χ1) is 15.5. The molecular formula is C21H21F2N7O2. The molecule has 3 heterocycles. The van der Waals surface area contributed by atoms with E-state index in [1.54, 1.807) is 40.8 Å². The predicted molar refractivity (Wildman–Crippen MR) is 113 cm³/mol. The van der Waals surface area contributed by atoms with Crippen LogP contribution in [0, 0.1) is 11.6 Å². The number of nitrogens with two attached hydrogens (primary N) is 1. The highest BCUT2D eigenvalue weighted by Gasteiger charge is 2.20. The van der Waals surface area contributed by atoms with Crippen LogP contribution >= 0.6 is 0 Å². The number of rotatable bonds is 6. The summed E-state index contributed by atoms with van der Waals surface area (Å²) in [6, 6.07) is 4.40. The maximum atomic E-state index is 14.9. The minimum Gasteiger partial charge on any atom is -0.493 e. The van der Waals surface area contributed by atoms with Crippen molar-refractivity contribution < 1.29 is 18.3 Å². The minimum absolute atomic E-state index is 0.188. The molecule has 11 heteroatoms. The van der Waals surface area contributed by atoms with Crippen LogP contribution in [-0.2, 0) is 13.6 Å². The molecule has 2 N–H and O–H groups in total. The molecule has 0 saturated carbocycles. The number of methoxy groups -OCH3 is 2. The third-order valence-electron chi connectivity index (χ3n) is 4.83. The Morgan fingerprint density at radius 1 is 1.09 bits per heavy atom. The van der Waals surface area contributed by atoms with Crippen molar-refractivity contribution in [3.8, 4) is 22.8 Å². The summed E-state index contributed by atoms with van der Waals surface area (Å²) in [5, 5.41) is 4.15. The van der Waals surface area contributed by atoms with Crippen molar-refractivity contribution in [1.82, 2.24) is 24.3 Å². The molecule has 4 aromatic rings. The Balaban J connectivity index is 1.99. The van der Waals surface area contributed by atoms with Gasteiger partial charge in [0.05, 0.1) is 32.3 Å². The van der Waals surface area contributed by atoms with Gasteiger partial charge in [0, 0.05) is 38.0 Å². The number of fused-ring (bicyclic) bond motifs is 1. The van der Waals surface area contributed by atoms with Crippen LogP contribution in [0.3, 0.4) is 0 Å². The number of pyridine rings is 1. The van der Waals surface area contributed by atoms with Crippen LogP contribution in [0.5, 0.6) is 11.5 Å². The largest absolute Gasteiger partial charge is 0.493 e. The summed E-state index contributed by atoms with van der Waals surface area (Å²) in [6.07, 6.45) is 5.12. The van der Waals surface area contributed by atoms with Crippen molar-refractivity contribution in [2.45, 2.75) is 6.54 Å². The van der Waals surface area contributed by atoms with Gasteiger partial charge < -0.3 is 19.8 Å². The fraction of sp³-hybridized carbons (Fsp3) is 0.238. The van der Waals surface area contributed by atoms with Crippen LogP contribution < -0.4 is 20.7 Å². The van der Waals surface area contributed by atoms with Crippen molar-refractivity contribution in [2.24, 2.45) is 17.8 Å². The van der Waals surface area contributed by atoms with Gasteiger partial charge in [-0.05, 0) is 12.1 Å². The quantitative estimate of drug-likeness (QED) is 0.492. The van der Waals surface area contributed by atoms with Gasteiger partial charge in [0.1, 0.15) is 16.7 Å². The van der Waals surface area contributed by atoms with E-state index in [1.807, 2.05) is 6.20 Å². The topological polar surface area (TPSA) is 105 Å². The van der Waals surface area contributed by atoms with Crippen molar-refractivity contribution >= 4 is 16.9 Å². The number of benzene rings is 1. The number of halogens is 2. The van der Waals surface area contributed by atoms with Gasteiger partial charge in [-0.2, -0.15) is 5.10 Å². The van der Waals surface area contributed by atoms with Gasteiger partial charge in [-0.1, -0.05) is 0 Å². The smallest absolute Gasteiger partial charge is 0.193 e. The van der Waals surface area contributed by atoms with Crippen LogP contribution in [0.4, 0.5) is 14.5 Å². The van der Waals surface area contributed by atoms with Gasteiger partial charge in [0.25, 0.3) is 0 Å². The van der Waals surface area contributed by atoms with Crippen molar-refractivity contribution in [3.05, 3.63) is 53.9 Å². The monoisotopic (exact) mass is 441 g/mol. The molecule has 0 amide bonds. The summed E-state index contributed by atoms with van der Waals surface area (Å²) in [6.45, 7) is 0.545. The van der Waals surface area contributed by atoms with E-state index in [2.05, 4.69) is 20.1 Å². The summed E-state index contributed by atoms with van der Waals surface area (Å²) >= 11 is 0. The second-order valence-corrected chi connectivity index (χ2v) is 6.87. The second kappa shape index (κ2) is 8.71. The normalized spacial score (nSPS) is 11.9. The Morgan fingerprint density at radius 2 is 1.81 bits per heavy atom. The molecule has 0 unspecified atom stereocenters. The Kier molecular flexibility index (Phi) is 5.82. The molecule has 0 aliphatic rings. The average molecular weight is 441 g/mol. The zero-order valence-electron chi connectivity index (χ0n) is 17.7. The van der Waals surface area contributed by atoms with E-state index < -0.39 is 17.3 Å². The van der Waals surface area contributed by atoms with Crippen LogP contribution in [0.15, 0.2) is 41.8 Å². The van der Waals surface area contributed by atoms with Gasteiger partial charge >= 0.3 is 0 Å². The van der Waals surface area contributed by atoms with E-state index in [-0.39, 0.29) is 23.5 Å². The molecular weight excluding hydrogens is 420 g/mol. The highest BCUT2D eigenvalue weighted by molar-refractivity contribution is 5.73. The summed E-state index contributed by atoms with van der Waals surface area (Å²) < 4.78 is 43.0. The van der Waals surface area contributed by atoms with E-state index in [4.69, 9.17) is 15.2 Å². The molecule has 4 rings (SSSR count). The summed E-state index contributed by atoms with van der Waals surface area (Å²) in [4.78, 5) is 13.4. The lowest BCUT2D eigenvalue weighted by molar-refractivity contribution is 0.359. The van der Waals surface area contributed by atoms with Crippen molar-refractivity contribution in [1.29, 1.82) is 0 Å². The predicted octanol–water partition coefficient (Wildman–Crippen LogP) is 2.32. The maximum Gasteiger partial charge on any atom is 0.193 e. The molecule has 0 atom stereocenters. The highest BCUT2D eigenvalue weighted by atomic mass is 19.1. The van der Waals surface area contributed by atoms with E-state index in [0.717, 1.165) is 11.6 Å². The Labute approximate surface area is 181 Å². The number of aryl methyl sites for hydroxylation is 1. The van der Waals surface area contributed by atoms with Gasteiger partial charge in [0.2, 0.25) is 0 Å². The summed E-state index contributed by atoms with van der Waals surface area (Å²) in [5.74, 6) is -2.26. The molecule has 0 saturated heterocycles. The van der Waals surface area contributed by atoms with Crippen LogP contribution in [0.2, 0.25) is 0 Å². The molecule has 32 heavy (non-hydrogen) atoms. The first-order valence-electron chi connectivity index (χ1n) is 9.67. The zero-order valence-corrected chi connectivity index (χ0v) is 17.7. The molecule has 166 valence electrons. The Hall–Kier alpha value is -3.86. The highest BCUT2D eigenvalue weighted by Crippen LogP contribution is 2.36. The molecule has 3 aromatic heterocycles. The van der Waals surface area contributed by atoms with E-state index in [0.29, 0.717) is 23.4 Å². The van der Waals surface area contributed by atoms with Gasteiger partial charge in [-0.15, -0.1) is 0 Å². The fourth-order valence-electron chi connectivity index (χ4n) is 3.28. The lowest BCUT2D eigenvalue weighted by Gasteiger charge is -2.12. The molecule has 0 fully saturated rings. The number of aromatic nitrogens is 5. The average Bonchev–Trinajstić information content (AvgIpc) is 3.24. The van der Waals surface area contributed by atoms with Crippen LogP contribution in [-0.4, -0.2) is 45.1 Å². The van der Waals surface area contributed by atoms with E-state index in [9.17, 15) is 8.78 Å². The molecule has 0 aliphatic carbocycles. The third kappa shape index (κ3) is 3.78. The molecule has 1 aromatic carbocycles. The third-order valence-corrected chi connectivity index (χ3v) is 4.83. The molecule has 0 radical (unpaired) electrons. The van der Waals surface area contributed by atoms with Crippen molar-refractivity contribution in [3.63, 3.8) is 0 Å². The lowest BCUT2D eigenvalue weighted by atomic mass is 10.2. The van der Waals surface area contributed by atoms with Crippen LogP contribution in [0.1, 0.15) is 0 Å². The zero-order chi connectivity index (χ0) is 22.8. The van der Waals surface area contributed by atoms with Crippen LogP contribution in [0.25, 0.3) is 22.4 Å². The minimum atomic E-state index is -0.944. The molecule has 0 bridgehead atoms. The Bertz CT molecular complexity index is 1340. The summed E-state index contributed by atoms with van der Waals surface area (Å²) in [5.41, 5.74) is 7.92. The Morgan fingerprint density at radius 3 is 2.41 bits per heavy atom. The fourth-order valence-corrected chi connectivity index (χ4v) is 3.28. The molecule has 0 aliphatic heterocycles. The van der Waals surface area contributed by atoms with Gasteiger partial charge in [-0.25, -0.2) is 18.8 Å². The number of hydrogen-bond donors (Lipinski definition) is 1. The molecule has 0 spiro atoms. The van der Waals surface area contributed by atoms with E-state index in [1.165, 1.54) is 14.2 Å².